The average molecular weight is 526 g/mol. The number of ether oxygens (including phenoxy) is 1. The molecule has 1 aliphatic rings. The standard InChI is InChI=1S/C15H23NOS.C11H11Cl2NO2/c1-5-16(13(4)12(2)3)15(17)18-11-14-9-7-6-8-10-14;1-7-6-16-9-5-3-2-4-8(9)14(7)11(15)10(12)13/h6-10,12-13H,5,11H2,1-4H3;2-5,7,10H,6H2,1H3. The second-order valence-electron chi connectivity index (χ2n) is 8.45. The van der Waals surface area contributed by atoms with Gasteiger partial charge in [-0.1, -0.05) is 91.3 Å². The van der Waals surface area contributed by atoms with E-state index in [0.29, 0.717) is 24.3 Å². The van der Waals surface area contributed by atoms with Gasteiger partial charge >= 0.3 is 0 Å². The van der Waals surface area contributed by atoms with Crippen LogP contribution in [0.1, 0.15) is 40.2 Å². The second-order valence-corrected chi connectivity index (χ2v) is 10.5. The summed E-state index contributed by atoms with van der Waals surface area (Å²) in [6.07, 6.45) is 0. The number of benzene rings is 2. The van der Waals surface area contributed by atoms with Crippen LogP contribution in [0.15, 0.2) is 54.6 Å². The predicted molar refractivity (Wildman–Crippen MR) is 144 cm³/mol. The Hall–Kier alpha value is -1.89. The molecule has 2 amide bonds. The minimum absolute atomic E-state index is 0.0672. The fourth-order valence-electron chi connectivity index (χ4n) is 3.49. The van der Waals surface area contributed by atoms with Crippen molar-refractivity contribution in [1.29, 1.82) is 0 Å². The molecule has 0 saturated heterocycles. The van der Waals surface area contributed by atoms with Crippen LogP contribution < -0.4 is 9.64 Å². The highest BCUT2D eigenvalue weighted by atomic mass is 35.5. The van der Waals surface area contributed by atoms with Gasteiger partial charge in [0.25, 0.3) is 11.1 Å². The molecule has 186 valence electrons. The van der Waals surface area contributed by atoms with Gasteiger partial charge in [0.2, 0.25) is 0 Å². The van der Waals surface area contributed by atoms with E-state index in [1.165, 1.54) is 17.3 Å². The molecule has 0 saturated carbocycles. The van der Waals surface area contributed by atoms with Gasteiger partial charge in [-0.05, 0) is 44.4 Å². The summed E-state index contributed by atoms with van der Waals surface area (Å²) in [7, 11) is 0. The predicted octanol–water partition coefficient (Wildman–Crippen LogP) is 7.01. The second kappa shape index (κ2) is 13.9. The molecule has 0 fully saturated rings. The average Bonchev–Trinajstić information content (AvgIpc) is 2.83. The Labute approximate surface area is 217 Å². The van der Waals surface area contributed by atoms with Crippen molar-refractivity contribution in [2.45, 2.75) is 57.3 Å². The number of hydrogen-bond acceptors (Lipinski definition) is 4. The zero-order valence-electron chi connectivity index (χ0n) is 20.4. The van der Waals surface area contributed by atoms with Gasteiger partial charge < -0.3 is 14.5 Å². The van der Waals surface area contributed by atoms with Crippen LogP contribution in [0.5, 0.6) is 5.75 Å². The number of rotatable bonds is 6. The van der Waals surface area contributed by atoms with Crippen LogP contribution in [0.3, 0.4) is 0 Å². The lowest BCUT2D eigenvalue weighted by Gasteiger charge is -2.35. The fraction of sp³-hybridized carbons (Fsp3) is 0.462. The molecular weight excluding hydrogens is 491 g/mol. The van der Waals surface area contributed by atoms with Crippen LogP contribution in [-0.4, -0.2) is 46.1 Å². The van der Waals surface area contributed by atoms with Gasteiger partial charge in [0.15, 0.2) is 4.84 Å². The number of thioether (sulfide) groups is 1. The third-order valence-electron chi connectivity index (χ3n) is 5.71. The first kappa shape index (κ1) is 28.3. The van der Waals surface area contributed by atoms with Gasteiger partial charge in [-0.25, -0.2) is 0 Å². The highest BCUT2D eigenvalue weighted by molar-refractivity contribution is 8.12. The van der Waals surface area contributed by atoms with Gasteiger partial charge in [-0.15, -0.1) is 0 Å². The Balaban J connectivity index is 0.000000241. The van der Waals surface area contributed by atoms with Crippen molar-refractivity contribution >= 4 is 51.8 Å². The molecule has 2 unspecified atom stereocenters. The summed E-state index contributed by atoms with van der Waals surface area (Å²) < 4.78 is 5.52. The zero-order valence-corrected chi connectivity index (χ0v) is 22.7. The quantitative estimate of drug-likeness (QED) is 0.381. The molecule has 1 heterocycles. The molecule has 1 aliphatic heterocycles. The van der Waals surface area contributed by atoms with E-state index in [1.807, 2.05) is 61.2 Å². The highest BCUT2D eigenvalue weighted by Gasteiger charge is 2.32. The van der Waals surface area contributed by atoms with Gasteiger partial charge in [0, 0.05) is 18.3 Å². The van der Waals surface area contributed by atoms with Gasteiger partial charge in [0.1, 0.15) is 12.4 Å². The van der Waals surface area contributed by atoms with Crippen LogP contribution in [0.4, 0.5) is 10.5 Å². The summed E-state index contributed by atoms with van der Waals surface area (Å²) in [4.78, 5) is 26.6. The summed E-state index contributed by atoms with van der Waals surface area (Å²) in [5.74, 6) is 1.61. The number of fused-ring (bicyclic) bond motifs is 1. The van der Waals surface area contributed by atoms with E-state index in [4.69, 9.17) is 27.9 Å². The monoisotopic (exact) mass is 524 g/mol. The smallest absolute Gasteiger partial charge is 0.282 e. The maximum atomic E-state index is 12.2. The van der Waals surface area contributed by atoms with E-state index < -0.39 is 4.84 Å². The van der Waals surface area contributed by atoms with E-state index in [9.17, 15) is 9.59 Å². The zero-order chi connectivity index (χ0) is 25.3. The molecule has 5 nitrogen and oxygen atoms in total. The first-order chi connectivity index (χ1) is 16.2. The third-order valence-corrected chi connectivity index (χ3v) is 7.04. The van der Waals surface area contributed by atoms with Crippen molar-refractivity contribution in [3.63, 3.8) is 0 Å². The minimum atomic E-state index is -1.05. The number of carbonyl (C=O) groups excluding carboxylic acids is 2. The fourth-order valence-corrected chi connectivity index (χ4v) is 4.64. The molecule has 2 atom stereocenters. The molecule has 0 spiro atoms. The summed E-state index contributed by atoms with van der Waals surface area (Å²) in [6, 6.07) is 17.7. The number of para-hydroxylation sites is 2. The molecule has 2 aromatic carbocycles. The van der Waals surface area contributed by atoms with E-state index in [-0.39, 0.29) is 17.2 Å². The summed E-state index contributed by atoms with van der Waals surface area (Å²) in [5.41, 5.74) is 1.92. The Morgan fingerprint density at radius 3 is 2.29 bits per heavy atom. The number of anilines is 1. The van der Waals surface area contributed by atoms with Crippen molar-refractivity contribution < 1.29 is 14.3 Å². The number of nitrogens with zero attached hydrogens (tertiary/aromatic N) is 2. The highest BCUT2D eigenvalue weighted by Crippen LogP contribution is 2.34. The summed E-state index contributed by atoms with van der Waals surface area (Å²) in [5, 5.41) is 0.183. The van der Waals surface area contributed by atoms with Crippen LogP contribution in [0.2, 0.25) is 0 Å². The first-order valence-electron chi connectivity index (χ1n) is 11.5. The number of amides is 2. The van der Waals surface area contributed by atoms with E-state index in [0.717, 1.165) is 18.0 Å². The SMILES string of the molecule is CC1COc2ccccc2N1C(=O)C(Cl)Cl.CCN(C(=O)SCc1ccccc1)C(C)C(C)C. The first-order valence-corrected chi connectivity index (χ1v) is 13.3. The molecule has 3 rings (SSSR count). The maximum Gasteiger partial charge on any atom is 0.282 e. The number of halogens is 2. The van der Waals surface area contributed by atoms with Crippen LogP contribution in [-0.2, 0) is 10.5 Å². The Kier molecular flexibility index (Phi) is 11.6. The molecule has 0 aromatic heterocycles. The molecule has 0 N–H and O–H groups in total. The number of hydrogen-bond donors (Lipinski definition) is 0. The molecular formula is C26H34Cl2N2O3S. The van der Waals surface area contributed by atoms with Gasteiger partial charge in [-0.3, -0.25) is 9.59 Å². The molecule has 0 bridgehead atoms. The van der Waals surface area contributed by atoms with Crippen molar-refractivity contribution in [2.24, 2.45) is 5.92 Å². The summed E-state index contributed by atoms with van der Waals surface area (Å²) in [6.45, 7) is 11.6. The Bertz CT molecular complexity index is 927. The van der Waals surface area contributed by atoms with Crippen molar-refractivity contribution in [3.8, 4) is 5.75 Å². The number of carbonyl (C=O) groups is 2. The van der Waals surface area contributed by atoms with Gasteiger partial charge in [0.05, 0.1) is 11.7 Å². The summed E-state index contributed by atoms with van der Waals surface area (Å²) >= 11 is 12.6. The molecule has 34 heavy (non-hydrogen) atoms. The Morgan fingerprint density at radius 1 is 1.09 bits per heavy atom. The molecule has 0 radical (unpaired) electrons. The lowest BCUT2D eigenvalue weighted by molar-refractivity contribution is -0.117. The van der Waals surface area contributed by atoms with Crippen LogP contribution >= 0.6 is 35.0 Å². The minimum Gasteiger partial charge on any atom is -0.489 e. The lowest BCUT2D eigenvalue weighted by Crippen LogP contribution is -2.47. The molecule has 0 aliphatic carbocycles. The third kappa shape index (κ3) is 7.82. The van der Waals surface area contributed by atoms with Crippen LogP contribution in [0, 0.1) is 5.92 Å². The Morgan fingerprint density at radius 2 is 1.71 bits per heavy atom. The van der Waals surface area contributed by atoms with E-state index in [1.54, 1.807) is 4.90 Å². The van der Waals surface area contributed by atoms with E-state index >= 15 is 0 Å². The van der Waals surface area contributed by atoms with Crippen molar-refractivity contribution in [3.05, 3.63) is 60.2 Å². The van der Waals surface area contributed by atoms with Gasteiger partial charge in [-0.2, -0.15) is 0 Å². The topological polar surface area (TPSA) is 49.9 Å². The molecule has 2 aromatic rings. The maximum absolute atomic E-state index is 12.2. The van der Waals surface area contributed by atoms with E-state index in [2.05, 4.69) is 32.9 Å². The van der Waals surface area contributed by atoms with Crippen LogP contribution in [0.25, 0.3) is 0 Å². The number of alkyl halides is 2. The lowest BCUT2D eigenvalue weighted by atomic mass is 10.1. The van der Waals surface area contributed by atoms with Crippen molar-refractivity contribution in [2.75, 3.05) is 18.1 Å². The molecule has 8 heteroatoms. The van der Waals surface area contributed by atoms with Crippen molar-refractivity contribution in [1.82, 2.24) is 4.90 Å². The largest absolute Gasteiger partial charge is 0.489 e. The normalized spacial score (nSPS) is 15.7.